The van der Waals surface area contributed by atoms with E-state index in [0.29, 0.717) is 24.4 Å². The van der Waals surface area contributed by atoms with Crippen molar-refractivity contribution in [1.29, 1.82) is 0 Å². The maximum atomic E-state index is 13.6. The molecular weight excluding hydrogens is 524 g/mol. The number of aliphatic hydroxyl groups excluding tert-OH is 1. The molecule has 2 aliphatic rings. The number of nitrogens with one attached hydrogen (secondary N) is 2. The zero-order chi connectivity index (χ0) is 29.7. The smallest absolute Gasteiger partial charge is 0.251 e. The molecule has 7 heteroatoms. The molecule has 1 saturated heterocycles. The number of aliphatic hydroxyl groups is 1. The third-order valence-corrected chi connectivity index (χ3v) is 8.58. The first-order valence-electron chi connectivity index (χ1n) is 15.5. The number of benzene rings is 2. The van der Waals surface area contributed by atoms with Crippen LogP contribution in [0.3, 0.4) is 0 Å². The Balaban J connectivity index is 1.31. The van der Waals surface area contributed by atoms with Crippen LogP contribution >= 0.6 is 0 Å². The van der Waals surface area contributed by atoms with Crippen LogP contribution in [0, 0.1) is 5.92 Å². The standard InChI is InChI=1S/C35H46N4O3/c1-5-25-13-14-32-28(18-25)30(21-35(3,4)42-32)37-22-31(40)29(19-26-11-7-6-8-12-26)38-34(41)27-15-16-36-33(20-27)39-17-9-10-24(2)23-39/h6-8,11-16,18,20,24,29-31,37,40H,5,9-10,17,19,21-23H2,1-4H3,(H,38,41)/t24-,29+,30+,31+/m1/s1. The third kappa shape index (κ3) is 7.50. The number of hydrogen-bond donors (Lipinski definition) is 3. The minimum absolute atomic E-state index is 0.0349. The van der Waals surface area contributed by atoms with E-state index in [4.69, 9.17) is 4.74 Å². The van der Waals surface area contributed by atoms with E-state index in [1.165, 1.54) is 12.0 Å². The largest absolute Gasteiger partial charge is 0.487 e. The molecule has 0 unspecified atom stereocenters. The van der Waals surface area contributed by atoms with Crippen molar-refractivity contribution >= 4 is 11.7 Å². The Bertz CT molecular complexity index is 1350. The quantitative estimate of drug-likeness (QED) is 0.300. The molecule has 224 valence electrons. The van der Waals surface area contributed by atoms with E-state index in [9.17, 15) is 9.90 Å². The number of aromatic nitrogens is 1. The summed E-state index contributed by atoms with van der Waals surface area (Å²) in [6.07, 6.45) is 5.51. The van der Waals surface area contributed by atoms with Crippen LogP contribution in [0.25, 0.3) is 0 Å². The van der Waals surface area contributed by atoms with Gasteiger partial charge in [-0.1, -0.05) is 56.3 Å². The first-order chi connectivity index (χ1) is 20.2. The summed E-state index contributed by atoms with van der Waals surface area (Å²) in [5, 5.41) is 18.3. The number of aryl methyl sites for hydroxylation is 1. The Kier molecular flexibility index (Phi) is 9.49. The first kappa shape index (κ1) is 30.1. The number of nitrogens with zero attached hydrogens (tertiary/aromatic N) is 2. The molecule has 42 heavy (non-hydrogen) atoms. The molecule has 3 N–H and O–H groups in total. The molecule has 0 spiro atoms. The number of fused-ring (bicyclic) bond motifs is 1. The van der Waals surface area contributed by atoms with Crippen LogP contribution in [-0.4, -0.2) is 53.4 Å². The normalized spacial score (nSPS) is 21.1. The number of anilines is 1. The highest BCUT2D eigenvalue weighted by molar-refractivity contribution is 5.95. The summed E-state index contributed by atoms with van der Waals surface area (Å²) >= 11 is 0. The van der Waals surface area contributed by atoms with Gasteiger partial charge >= 0.3 is 0 Å². The predicted molar refractivity (Wildman–Crippen MR) is 168 cm³/mol. The average molecular weight is 571 g/mol. The molecular formula is C35H46N4O3. The second kappa shape index (κ2) is 13.3. The van der Waals surface area contributed by atoms with Crippen molar-refractivity contribution in [2.24, 2.45) is 5.92 Å². The second-order valence-corrected chi connectivity index (χ2v) is 12.7. The number of rotatable bonds is 10. The van der Waals surface area contributed by atoms with E-state index in [1.807, 2.05) is 36.4 Å². The third-order valence-electron chi connectivity index (χ3n) is 8.58. The van der Waals surface area contributed by atoms with Gasteiger partial charge in [0.25, 0.3) is 5.91 Å². The fourth-order valence-corrected chi connectivity index (χ4v) is 6.24. The highest BCUT2D eigenvalue weighted by atomic mass is 16.5. The lowest BCUT2D eigenvalue weighted by molar-refractivity contribution is 0.0582. The van der Waals surface area contributed by atoms with Crippen molar-refractivity contribution in [3.63, 3.8) is 0 Å². The lowest BCUT2D eigenvalue weighted by atomic mass is 9.88. The van der Waals surface area contributed by atoms with Crippen LogP contribution in [0.2, 0.25) is 0 Å². The van der Waals surface area contributed by atoms with E-state index in [2.05, 4.69) is 66.4 Å². The van der Waals surface area contributed by atoms with Gasteiger partial charge in [-0.05, 0) is 74.8 Å². The molecule has 1 fully saturated rings. The SMILES string of the molecule is CCc1ccc2c(c1)[C@@H](NC[C@H](O)[C@H](Cc1ccccc1)NC(=O)c1ccnc(N3CCC[C@@H](C)C3)c1)CC(C)(C)O2. The second-order valence-electron chi connectivity index (χ2n) is 12.7. The van der Waals surface area contributed by atoms with Crippen LogP contribution < -0.4 is 20.3 Å². The first-order valence-corrected chi connectivity index (χ1v) is 15.5. The van der Waals surface area contributed by atoms with Gasteiger partial charge in [-0.15, -0.1) is 0 Å². The van der Waals surface area contributed by atoms with Crippen molar-refractivity contribution in [2.75, 3.05) is 24.5 Å². The van der Waals surface area contributed by atoms with Gasteiger partial charge in [0.15, 0.2) is 0 Å². The van der Waals surface area contributed by atoms with Crippen molar-refractivity contribution in [1.82, 2.24) is 15.6 Å². The maximum Gasteiger partial charge on any atom is 0.251 e. The zero-order valence-corrected chi connectivity index (χ0v) is 25.5. The molecule has 0 bridgehead atoms. The monoisotopic (exact) mass is 570 g/mol. The van der Waals surface area contributed by atoms with E-state index in [-0.39, 0.29) is 17.6 Å². The Hall–Kier alpha value is -3.42. The number of hydrogen-bond acceptors (Lipinski definition) is 6. The van der Waals surface area contributed by atoms with Gasteiger partial charge in [0.1, 0.15) is 17.2 Å². The summed E-state index contributed by atoms with van der Waals surface area (Å²) in [6.45, 7) is 10.8. The molecule has 3 heterocycles. The lowest BCUT2D eigenvalue weighted by Gasteiger charge is -2.39. The molecule has 0 radical (unpaired) electrons. The summed E-state index contributed by atoms with van der Waals surface area (Å²) < 4.78 is 6.28. The molecule has 0 saturated carbocycles. The van der Waals surface area contributed by atoms with Gasteiger partial charge in [0, 0.05) is 49.4 Å². The van der Waals surface area contributed by atoms with Gasteiger partial charge in [-0.3, -0.25) is 4.79 Å². The Morgan fingerprint density at radius 2 is 1.95 bits per heavy atom. The van der Waals surface area contributed by atoms with Crippen molar-refractivity contribution < 1.29 is 14.6 Å². The number of carbonyl (C=O) groups is 1. The van der Waals surface area contributed by atoms with Gasteiger partial charge in [-0.25, -0.2) is 4.98 Å². The van der Waals surface area contributed by atoms with E-state index < -0.39 is 12.1 Å². The number of carbonyl (C=O) groups excluding carboxylic acids is 1. The highest BCUT2D eigenvalue weighted by Crippen LogP contribution is 2.40. The van der Waals surface area contributed by atoms with Crippen LogP contribution in [0.4, 0.5) is 5.82 Å². The molecule has 2 aliphatic heterocycles. The fourth-order valence-electron chi connectivity index (χ4n) is 6.24. The van der Waals surface area contributed by atoms with Gasteiger partial charge in [0.05, 0.1) is 12.1 Å². The fraction of sp³-hybridized carbons (Fsp3) is 0.486. The lowest BCUT2D eigenvalue weighted by Crippen LogP contribution is -2.50. The minimum atomic E-state index is -0.804. The van der Waals surface area contributed by atoms with Gasteiger partial charge < -0.3 is 25.4 Å². The van der Waals surface area contributed by atoms with E-state index in [0.717, 1.165) is 55.0 Å². The van der Waals surface area contributed by atoms with E-state index >= 15 is 0 Å². The Morgan fingerprint density at radius 1 is 1.14 bits per heavy atom. The summed E-state index contributed by atoms with van der Waals surface area (Å²) in [7, 11) is 0. The zero-order valence-electron chi connectivity index (χ0n) is 25.5. The molecule has 1 aromatic heterocycles. The predicted octanol–water partition coefficient (Wildman–Crippen LogP) is 5.47. The molecule has 0 aliphatic carbocycles. The number of amides is 1. The van der Waals surface area contributed by atoms with Gasteiger partial charge in [0.2, 0.25) is 0 Å². The van der Waals surface area contributed by atoms with Crippen LogP contribution in [0.5, 0.6) is 5.75 Å². The summed E-state index contributed by atoms with van der Waals surface area (Å²) in [6, 6.07) is 19.6. The molecule has 4 atom stereocenters. The summed E-state index contributed by atoms with van der Waals surface area (Å²) in [4.78, 5) is 20.4. The molecule has 5 rings (SSSR count). The number of ether oxygens (including phenoxy) is 1. The summed E-state index contributed by atoms with van der Waals surface area (Å²) in [5.74, 6) is 2.14. The minimum Gasteiger partial charge on any atom is -0.487 e. The van der Waals surface area contributed by atoms with Crippen LogP contribution in [-0.2, 0) is 12.8 Å². The Labute approximate surface area is 250 Å². The molecule has 3 aromatic rings. The van der Waals surface area contributed by atoms with Crippen molar-refractivity contribution in [2.45, 2.75) is 83.6 Å². The Morgan fingerprint density at radius 3 is 2.71 bits per heavy atom. The topological polar surface area (TPSA) is 86.7 Å². The van der Waals surface area contributed by atoms with E-state index in [1.54, 1.807) is 12.3 Å². The molecule has 2 aromatic carbocycles. The number of pyridine rings is 1. The highest BCUT2D eigenvalue weighted by Gasteiger charge is 2.34. The van der Waals surface area contributed by atoms with Crippen molar-refractivity contribution in [3.8, 4) is 5.75 Å². The van der Waals surface area contributed by atoms with Crippen LogP contribution in [0.1, 0.15) is 80.0 Å². The van der Waals surface area contributed by atoms with Crippen LogP contribution in [0.15, 0.2) is 66.9 Å². The maximum absolute atomic E-state index is 13.6. The van der Waals surface area contributed by atoms with Gasteiger partial charge in [-0.2, -0.15) is 0 Å². The number of piperidine rings is 1. The molecule has 1 amide bonds. The average Bonchev–Trinajstić information content (AvgIpc) is 2.99. The van der Waals surface area contributed by atoms with Crippen molar-refractivity contribution in [3.05, 3.63) is 89.1 Å². The summed E-state index contributed by atoms with van der Waals surface area (Å²) in [5.41, 5.74) is 3.68. The molecule has 7 nitrogen and oxygen atoms in total.